The fourth-order valence-corrected chi connectivity index (χ4v) is 1.47. The van der Waals surface area contributed by atoms with Gasteiger partial charge in [-0.05, 0) is 0 Å². The lowest BCUT2D eigenvalue weighted by Crippen LogP contribution is -2.40. The molecule has 0 aromatic rings. The number of cyclic esters (lactones) is 1. The van der Waals surface area contributed by atoms with Crippen LogP contribution < -0.4 is 0 Å². The number of ether oxygens (including phenoxy) is 1. The number of hydrogen-bond acceptors (Lipinski definition) is 6. The van der Waals surface area contributed by atoms with Gasteiger partial charge in [0, 0.05) is 0 Å². The standard InChI is InChI=1S/C6H11O8P/c1-3-4(7)5(8)14-6(3,9)2-13-15(10,11)12/h3-4,7,9H,2H2,1H3,(H2,10,11,12). The van der Waals surface area contributed by atoms with E-state index in [1.54, 1.807) is 0 Å². The molecule has 1 saturated heterocycles. The van der Waals surface area contributed by atoms with E-state index in [1.807, 2.05) is 0 Å². The van der Waals surface area contributed by atoms with Crippen LogP contribution >= 0.6 is 7.82 Å². The average Bonchev–Trinajstić information content (AvgIpc) is 2.27. The number of rotatable bonds is 3. The molecule has 1 rings (SSSR count). The molecule has 1 heterocycles. The molecule has 3 atom stereocenters. The molecule has 0 aromatic carbocycles. The van der Waals surface area contributed by atoms with E-state index in [0.29, 0.717) is 0 Å². The zero-order valence-corrected chi connectivity index (χ0v) is 8.63. The third-order valence-corrected chi connectivity index (χ3v) is 2.61. The molecule has 9 heteroatoms. The number of hydrogen-bond donors (Lipinski definition) is 4. The maximum atomic E-state index is 10.8. The molecule has 15 heavy (non-hydrogen) atoms. The summed E-state index contributed by atoms with van der Waals surface area (Å²) in [5, 5.41) is 18.7. The van der Waals surface area contributed by atoms with Gasteiger partial charge in [0.2, 0.25) is 5.79 Å². The minimum atomic E-state index is -4.76. The summed E-state index contributed by atoms with van der Waals surface area (Å²) in [6.07, 6.45) is -1.53. The van der Waals surface area contributed by atoms with Gasteiger partial charge in [0.05, 0.1) is 5.92 Å². The van der Waals surface area contributed by atoms with E-state index in [4.69, 9.17) is 14.9 Å². The van der Waals surface area contributed by atoms with Crippen molar-refractivity contribution in [3.8, 4) is 0 Å². The summed E-state index contributed by atoms with van der Waals surface area (Å²) in [6.45, 7) is 0.389. The Morgan fingerprint density at radius 3 is 2.47 bits per heavy atom. The summed E-state index contributed by atoms with van der Waals surface area (Å²) >= 11 is 0. The predicted octanol–water partition coefficient (Wildman–Crippen LogP) is -1.66. The molecule has 1 fully saturated rings. The Hall–Kier alpha value is -0.500. The molecular weight excluding hydrogens is 231 g/mol. The highest BCUT2D eigenvalue weighted by atomic mass is 31.2. The van der Waals surface area contributed by atoms with E-state index < -0.39 is 38.2 Å². The maximum absolute atomic E-state index is 10.8. The molecule has 1 aliphatic rings. The Bertz CT molecular complexity index is 310. The van der Waals surface area contributed by atoms with Crippen molar-refractivity contribution >= 4 is 13.8 Å². The van der Waals surface area contributed by atoms with Crippen molar-refractivity contribution in [2.75, 3.05) is 6.61 Å². The number of esters is 1. The minimum absolute atomic E-state index is 0.902. The van der Waals surface area contributed by atoms with Crippen LogP contribution in [0.25, 0.3) is 0 Å². The Morgan fingerprint density at radius 2 is 2.13 bits per heavy atom. The molecule has 8 nitrogen and oxygen atoms in total. The van der Waals surface area contributed by atoms with E-state index >= 15 is 0 Å². The van der Waals surface area contributed by atoms with Crippen molar-refractivity contribution in [1.82, 2.24) is 0 Å². The quantitative estimate of drug-likeness (QED) is 0.341. The van der Waals surface area contributed by atoms with Gasteiger partial charge in [-0.2, -0.15) is 0 Å². The van der Waals surface area contributed by atoms with E-state index in [0.717, 1.165) is 0 Å². The first-order valence-corrected chi connectivity index (χ1v) is 5.52. The van der Waals surface area contributed by atoms with Gasteiger partial charge >= 0.3 is 13.8 Å². The topological polar surface area (TPSA) is 134 Å². The molecule has 1 aliphatic heterocycles. The normalized spacial score (nSPS) is 36.7. The molecule has 0 saturated carbocycles. The second-order valence-electron chi connectivity index (χ2n) is 3.26. The summed E-state index contributed by atoms with van der Waals surface area (Å²) in [7, 11) is -4.76. The molecule has 0 aliphatic carbocycles. The monoisotopic (exact) mass is 242 g/mol. The van der Waals surface area contributed by atoms with Crippen molar-refractivity contribution < 1.29 is 38.6 Å². The first-order valence-electron chi connectivity index (χ1n) is 3.99. The van der Waals surface area contributed by atoms with Crippen LogP contribution in [-0.4, -0.2) is 44.5 Å². The Balaban J connectivity index is 2.69. The fourth-order valence-electron chi connectivity index (χ4n) is 1.12. The Labute approximate surface area is 84.7 Å². The average molecular weight is 242 g/mol. The molecule has 0 spiro atoms. The molecule has 0 radical (unpaired) electrons. The summed E-state index contributed by atoms with van der Waals surface area (Å²) in [4.78, 5) is 27.6. The van der Waals surface area contributed by atoms with Crippen LogP contribution in [0.4, 0.5) is 0 Å². The number of phosphoric acid groups is 1. The highest BCUT2D eigenvalue weighted by molar-refractivity contribution is 7.46. The van der Waals surface area contributed by atoms with Gasteiger partial charge in [-0.3, -0.25) is 4.52 Å². The third-order valence-electron chi connectivity index (χ3n) is 2.14. The third kappa shape index (κ3) is 2.75. The Kier molecular flexibility index (Phi) is 3.20. The first-order chi connectivity index (χ1) is 6.66. The molecule has 3 unspecified atom stereocenters. The van der Waals surface area contributed by atoms with E-state index in [-0.39, 0.29) is 0 Å². The van der Waals surface area contributed by atoms with Gasteiger partial charge in [0.25, 0.3) is 0 Å². The van der Waals surface area contributed by atoms with E-state index in [2.05, 4.69) is 9.26 Å². The summed E-state index contributed by atoms with van der Waals surface area (Å²) < 4.78 is 18.7. The number of carbonyl (C=O) groups is 1. The van der Waals surface area contributed by atoms with Crippen molar-refractivity contribution in [3.63, 3.8) is 0 Å². The van der Waals surface area contributed by atoms with Crippen molar-refractivity contribution in [1.29, 1.82) is 0 Å². The van der Waals surface area contributed by atoms with Crippen LogP contribution in [0.5, 0.6) is 0 Å². The number of aliphatic hydroxyl groups excluding tert-OH is 1. The number of phosphoric ester groups is 1. The smallest absolute Gasteiger partial charge is 0.428 e. The summed E-state index contributed by atoms with van der Waals surface area (Å²) in [5.74, 6) is -4.30. The van der Waals surface area contributed by atoms with E-state index in [1.165, 1.54) is 6.92 Å². The number of carbonyl (C=O) groups excluding carboxylic acids is 1. The largest absolute Gasteiger partial charge is 0.469 e. The summed E-state index contributed by atoms with van der Waals surface area (Å²) in [5.41, 5.74) is 0. The molecule has 0 amide bonds. The zero-order chi connectivity index (χ0) is 11.9. The molecular formula is C6H11O8P. The molecule has 4 N–H and O–H groups in total. The van der Waals surface area contributed by atoms with Crippen LogP contribution in [0.1, 0.15) is 6.92 Å². The second-order valence-corrected chi connectivity index (χ2v) is 4.50. The zero-order valence-electron chi connectivity index (χ0n) is 7.73. The Morgan fingerprint density at radius 1 is 1.60 bits per heavy atom. The van der Waals surface area contributed by atoms with Gasteiger partial charge in [-0.25, -0.2) is 9.36 Å². The van der Waals surface area contributed by atoms with Crippen LogP contribution in [0.3, 0.4) is 0 Å². The van der Waals surface area contributed by atoms with Gasteiger partial charge in [0.15, 0.2) is 6.10 Å². The van der Waals surface area contributed by atoms with Crippen LogP contribution in [0, 0.1) is 5.92 Å². The second kappa shape index (κ2) is 3.82. The first kappa shape index (κ1) is 12.6. The maximum Gasteiger partial charge on any atom is 0.469 e. The predicted molar refractivity (Wildman–Crippen MR) is 44.2 cm³/mol. The van der Waals surface area contributed by atoms with Crippen LogP contribution in [-0.2, 0) is 18.6 Å². The van der Waals surface area contributed by atoms with E-state index in [9.17, 15) is 14.5 Å². The highest BCUT2D eigenvalue weighted by Gasteiger charge is 2.53. The SMILES string of the molecule is CC1C(O)C(=O)OC1(O)COP(=O)(O)O. The molecule has 88 valence electrons. The van der Waals surface area contributed by atoms with Crippen LogP contribution in [0.15, 0.2) is 0 Å². The lowest BCUT2D eigenvalue weighted by molar-refractivity contribution is -0.213. The van der Waals surface area contributed by atoms with Crippen molar-refractivity contribution in [2.45, 2.75) is 18.8 Å². The van der Waals surface area contributed by atoms with Crippen molar-refractivity contribution in [3.05, 3.63) is 0 Å². The van der Waals surface area contributed by atoms with Gasteiger partial charge in [-0.15, -0.1) is 0 Å². The van der Waals surface area contributed by atoms with Gasteiger partial charge in [-0.1, -0.05) is 6.92 Å². The minimum Gasteiger partial charge on any atom is -0.428 e. The van der Waals surface area contributed by atoms with Gasteiger partial charge in [0.1, 0.15) is 6.61 Å². The fraction of sp³-hybridized carbons (Fsp3) is 0.833. The van der Waals surface area contributed by atoms with Gasteiger partial charge < -0.3 is 24.7 Å². The lowest BCUT2D eigenvalue weighted by atomic mass is 9.99. The lowest BCUT2D eigenvalue weighted by Gasteiger charge is -2.25. The number of aliphatic hydroxyl groups is 2. The molecule has 0 aromatic heterocycles. The summed E-state index contributed by atoms with van der Waals surface area (Å²) in [6, 6.07) is 0. The van der Waals surface area contributed by atoms with Crippen molar-refractivity contribution in [2.24, 2.45) is 5.92 Å². The van der Waals surface area contributed by atoms with Crippen LogP contribution in [0.2, 0.25) is 0 Å². The highest BCUT2D eigenvalue weighted by Crippen LogP contribution is 2.40. The molecule has 0 bridgehead atoms.